The lowest BCUT2D eigenvalue weighted by Crippen LogP contribution is -2.14. The quantitative estimate of drug-likeness (QED) is 0.827. The van der Waals surface area contributed by atoms with Crippen LogP contribution in [0, 0.1) is 13.8 Å². The van der Waals surface area contributed by atoms with Gasteiger partial charge < -0.3 is 0 Å². The molecule has 0 amide bonds. The van der Waals surface area contributed by atoms with E-state index in [-0.39, 0.29) is 15.5 Å². The number of hydrogen-bond donors (Lipinski definition) is 1. The molecule has 2 rings (SSSR count). The van der Waals surface area contributed by atoms with Crippen molar-refractivity contribution in [1.82, 2.24) is 0 Å². The third-order valence-electron chi connectivity index (χ3n) is 3.32. The first-order valence-corrected chi connectivity index (χ1v) is 10.8. The molecule has 0 aromatic heterocycles. The lowest BCUT2D eigenvalue weighted by atomic mass is 10.2. The van der Waals surface area contributed by atoms with Gasteiger partial charge in [-0.2, -0.15) is 0 Å². The molecule has 0 saturated carbocycles. The number of hydrogen-bond acceptors (Lipinski definition) is 4. The number of sulfone groups is 1. The molecule has 0 radical (unpaired) electrons. The molecule has 2 aromatic rings. The van der Waals surface area contributed by atoms with Crippen LogP contribution in [-0.4, -0.2) is 23.1 Å². The van der Waals surface area contributed by atoms with E-state index in [1.54, 1.807) is 32.0 Å². The second kappa shape index (κ2) is 6.26. The topological polar surface area (TPSA) is 80.3 Å². The van der Waals surface area contributed by atoms with Gasteiger partial charge in [0.1, 0.15) is 0 Å². The van der Waals surface area contributed by atoms with Crippen LogP contribution < -0.4 is 4.72 Å². The molecule has 2 aromatic carbocycles. The first kappa shape index (κ1) is 18.0. The summed E-state index contributed by atoms with van der Waals surface area (Å²) in [7, 11) is -7.22. The van der Waals surface area contributed by atoms with Crippen molar-refractivity contribution in [2.75, 3.05) is 11.0 Å². The average Bonchev–Trinajstić information content (AvgIpc) is 2.42. The minimum Gasteiger partial charge on any atom is -0.279 e. The summed E-state index contributed by atoms with van der Waals surface area (Å²) in [6, 6.07) is 9.03. The minimum atomic E-state index is -3.80. The number of nitrogens with one attached hydrogen (secondary N) is 1. The SMILES string of the molecule is Cc1cc(S(=O)(=O)Nc2cc(S(C)(=O)=O)ccc2C)ccc1Br. The molecule has 0 aliphatic heterocycles. The van der Waals surface area contributed by atoms with Gasteiger partial charge >= 0.3 is 0 Å². The molecule has 0 atom stereocenters. The van der Waals surface area contributed by atoms with Gasteiger partial charge in [-0.3, -0.25) is 4.72 Å². The zero-order valence-electron chi connectivity index (χ0n) is 12.8. The van der Waals surface area contributed by atoms with Crippen LogP contribution in [0.4, 0.5) is 5.69 Å². The third kappa shape index (κ3) is 4.13. The van der Waals surface area contributed by atoms with Crippen LogP contribution in [0.25, 0.3) is 0 Å². The molecule has 0 aliphatic carbocycles. The van der Waals surface area contributed by atoms with E-state index >= 15 is 0 Å². The fraction of sp³-hybridized carbons (Fsp3) is 0.200. The number of rotatable bonds is 4. The molecular weight excluding hydrogens is 402 g/mol. The Morgan fingerprint density at radius 1 is 0.870 bits per heavy atom. The lowest BCUT2D eigenvalue weighted by Gasteiger charge is -2.12. The third-order valence-corrected chi connectivity index (χ3v) is 6.68. The Kier molecular flexibility index (Phi) is 4.89. The van der Waals surface area contributed by atoms with E-state index in [0.29, 0.717) is 5.56 Å². The van der Waals surface area contributed by atoms with Crippen molar-refractivity contribution in [3.63, 3.8) is 0 Å². The Labute approximate surface area is 144 Å². The van der Waals surface area contributed by atoms with E-state index in [2.05, 4.69) is 20.7 Å². The maximum atomic E-state index is 12.5. The van der Waals surface area contributed by atoms with Crippen molar-refractivity contribution in [1.29, 1.82) is 0 Å². The second-order valence-electron chi connectivity index (χ2n) is 5.27. The van der Waals surface area contributed by atoms with E-state index in [1.165, 1.54) is 18.2 Å². The van der Waals surface area contributed by atoms with E-state index in [0.717, 1.165) is 16.3 Å². The summed E-state index contributed by atoms with van der Waals surface area (Å²) in [5, 5.41) is 0. The molecule has 0 spiro atoms. The fourth-order valence-electron chi connectivity index (χ4n) is 1.93. The summed E-state index contributed by atoms with van der Waals surface area (Å²) in [4.78, 5) is 0.176. The molecule has 0 aliphatic rings. The Hall–Kier alpha value is -1.38. The van der Waals surface area contributed by atoms with Gasteiger partial charge in [-0.05, 0) is 55.3 Å². The van der Waals surface area contributed by atoms with Crippen LogP contribution in [0.3, 0.4) is 0 Å². The number of sulfonamides is 1. The van der Waals surface area contributed by atoms with Crippen molar-refractivity contribution in [3.05, 3.63) is 52.0 Å². The zero-order chi connectivity index (χ0) is 17.4. The lowest BCUT2D eigenvalue weighted by molar-refractivity contribution is 0.599. The predicted octanol–water partition coefficient (Wildman–Crippen LogP) is 3.27. The van der Waals surface area contributed by atoms with Gasteiger partial charge in [-0.25, -0.2) is 16.8 Å². The van der Waals surface area contributed by atoms with Crippen LogP contribution >= 0.6 is 15.9 Å². The smallest absolute Gasteiger partial charge is 0.261 e. The standard InChI is InChI=1S/C15H16BrNO4S2/c1-10-4-5-12(22(3,18)19)9-15(10)17-23(20,21)13-6-7-14(16)11(2)8-13/h4-9,17H,1-3H3. The molecule has 0 heterocycles. The maximum absolute atomic E-state index is 12.5. The largest absolute Gasteiger partial charge is 0.279 e. The average molecular weight is 418 g/mol. The molecule has 0 unspecified atom stereocenters. The van der Waals surface area contributed by atoms with Gasteiger partial charge in [0.15, 0.2) is 9.84 Å². The van der Waals surface area contributed by atoms with E-state index in [1.807, 2.05) is 0 Å². The highest BCUT2D eigenvalue weighted by atomic mass is 79.9. The summed E-state index contributed by atoms with van der Waals surface area (Å²) < 4.78 is 51.5. The van der Waals surface area contributed by atoms with Gasteiger partial charge in [-0.1, -0.05) is 22.0 Å². The van der Waals surface area contributed by atoms with Gasteiger partial charge in [0.05, 0.1) is 15.5 Å². The van der Waals surface area contributed by atoms with Gasteiger partial charge in [-0.15, -0.1) is 0 Å². The molecule has 23 heavy (non-hydrogen) atoms. The van der Waals surface area contributed by atoms with Crippen LogP contribution in [-0.2, 0) is 19.9 Å². The molecule has 0 fully saturated rings. The number of aryl methyl sites for hydroxylation is 2. The first-order valence-electron chi connectivity index (χ1n) is 6.60. The van der Waals surface area contributed by atoms with Crippen LogP contribution in [0.5, 0.6) is 0 Å². The number of benzene rings is 2. The highest BCUT2D eigenvalue weighted by Crippen LogP contribution is 2.25. The Balaban J connectivity index is 2.46. The first-order chi connectivity index (χ1) is 10.5. The zero-order valence-corrected chi connectivity index (χ0v) is 16.0. The Bertz CT molecular complexity index is 967. The van der Waals surface area contributed by atoms with Crippen molar-refractivity contribution < 1.29 is 16.8 Å². The monoisotopic (exact) mass is 417 g/mol. The summed E-state index contributed by atoms with van der Waals surface area (Å²) in [5.41, 5.74) is 1.66. The Morgan fingerprint density at radius 3 is 2.04 bits per heavy atom. The van der Waals surface area contributed by atoms with Crippen molar-refractivity contribution in [2.45, 2.75) is 23.6 Å². The fourth-order valence-corrected chi connectivity index (χ4v) is 4.03. The van der Waals surface area contributed by atoms with Crippen molar-refractivity contribution in [2.24, 2.45) is 0 Å². The van der Waals surface area contributed by atoms with Gasteiger partial charge in [0.2, 0.25) is 0 Å². The summed E-state index contributed by atoms with van der Waals surface area (Å²) >= 11 is 3.32. The highest BCUT2D eigenvalue weighted by molar-refractivity contribution is 9.10. The molecular formula is C15H16BrNO4S2. The number of anilines is 1. The highest BCUT2D eigenvalue weighted by Gasteiger charge is 2.18. The normalized spacial score (nSPS) is 12.2. The molecule has 5 nitrogen and oxygen atoms in total. The van der Waals surface area contributed by atoms with Crippen LogP contribution in [0.1, 0.15) is 11.1 Å². The maximum Gasteiger partial charge on any atom is 0.261 e. The summed E-state index contributed by atoms with van der Waals surface area (Å²) in [5.74, 6) is 0. The van der Waals surface area contributed by atoms with Crippen molar-refractivity contribution >= 4 is 41.5 Å². The van der Waals surface area contributed by atoms with Gasteiger partial charge in [0.25, 0.3) is 10.0 Å². The second-order valence-corrected chi connectivity index (χ2v) is 9.82. The molecule has 0 saturated heterocycles. The van der Waals surface area contributed by atoms with Crippen molar-refractivity contribution in [3.8, 4) is 0 Å². The summed E-state index contributed by atoms with van der Waals surface area (Å²) in [6.45, 7) is 3.50. The predicted molar refractivity (Wildman–Crippen MR) is 94.0 cm³/mol. The minimum absolute atomic E-state index is 0.0628. The van der Waals surface area contributed by atoms with Gasteiger partial charge in [0, 0.05) is 10.7 Å². The molecule has 1 N–H and O–H groups in total. The summed E-state index contributed by atoms with van der Waals surface area (Å²) in [6.07, 6.45) is 1.08. The molecule has 0 bridgehead atoms. The molecule has 8 heteroatoms. The van der Waals surface area contributed by atoms with E-state index in [9.17, 15) is 16.8 Å². The Morgan fingerprint density at radius 2 is 1.48 bits per heavy atom. The van der Waals surface area contributed by atoms with Crippen LogP contribution in [0.2, 0.25) is 0 Å². The number of halogens is 1. The van der Waals surface area contributed by atoms with E-state index < -0.39 is 19.9 Å². The van der Waals surface area contributed by atoms with E-state index in [4.69, 9.17) is 0 Å². The molecule has 124 valence electrons. The van der Waals surface area contributed by atoms with Crippen LogP contribution in [0.15, 0.2) is 50.7 Å².